The highest BCUT2D eigenvalue weighted by molar-refractivity contribution is 5.91. The molecule has 0 bridgehead atoms. The Hall–Kier alpha value is -2.30. The summed E-state index contributed by atoms with van der Waals surface area (Å²) < 4.78 is 12.5. The van der Waals surface area contributed by atoms with Gasteiger partial charge in [0.1, 0.15) is 0 Å². The number of rotatable bonds is 3. The standard InChI is InChI=1S/C12H10FN3O/c13-11-5-4-10(8-15-11)16-12(17)7-9-3-1-2-6-14-9/h1-6,8H,7H2,(H,16,17). The van der Waals surface area contributed by atoms with Crippen molar-refractivity contribution in [3.63, 3.8) is 0 Å². The molecule has 2 heterocycles. The molecule has 2 rings (SSSR count). The number of carbonyl (C=O) groups excluding carboxylic acids is 1. The third-order valence-corrected chi connectivity index (χ3v) is 2.08. The lowest BCUT2D eigenvalue weighted by molar-refractivity contribution is -0.115. The Morgan fingerprint density at radius 2 is 2.12 bits per heavy atom. The lowest BCUT2D eigenvalue weighted by Crippen LogP contribution is -2.15. The summed E-state index contributed by atoms with van der Waals surface area (Å²) in [5.41, 5.74) is 1.15. The molecule has 0 radical (unpaired) electrons. The fourth-order valence-corrected chi connectivity index (χ4v) is 1.32. The first-order valence-electron chi connectivity index (χ1n) is 5.05. The molecule has 4 nitrogen and oxygen atoms in total. The highest BCUT2D eigenvalue weighted by atomic mass is 19.1. The zero-order chi connectivity index (χ0) is 12.1. The van der Waals surface area contributed by atoms with Crippen molar-refractivity contribution in [2.45, 2.75) is 6.42 Å². The maximum atomic E-state index is 12.5. The van der Waals surface area contributed by atoms with Gasteiger partial charge in [-0.3, -0.25) is 9.78 Å². The Balaban J connectivity index is 1.96. The Bertz CT molecular complexity index is 499. The van der Waals surface area contributed by atoms with Crippen LogP contribution in [0.3, 0.4) is 0 Å². The lowest BCUT2D eigenvalue weighted by Gasteiger charge is -2.03. The lowest BCUT2D eigenvalue weighted by atomic mass is 10.2. The van der Waals surface area contributed by atoms with Crippen LogP contribution < -0.4 is 5.32 Å². The first-order chi connectivity index (χ1) is 8.24. The summed E-state index contributed by atoms with van der Waals surface area (Å²) in [6.45, 7) is 0. The number of hydrogen-bond donors (Lipinski definition) is 1. The smallest absolute Gasteiger partial charge is 0.230 e. The van der Waals surface area contributed by atoms with Gasteiger partial charge in [0.2, 0.25) is 11.9 Å². The molecule has 17 heavy (non-hydrogen) atoms. The normalized spacial score (nSPS) is 9.94. The Morgan fingerprint density at radius 3 is 2.76 bits per heavy atom. The molecule has 86 valence electrons. The molecule has 0 atom stereocenters. The molecule has 0 saturated heterocycles. The molecule has 2 aromatic heterocycles. The van der Waals surface area contributed by atoms with Gasteiger partial charge < -0.3 is 5.32 Å². The van der Waals surface area contributed by atoms with Crippen LogP contribution in [-0.2, 0) is 11.2 Å². The van der Waals surface area contributed by atoms with E-state index in [9.17, 15) is 9.18 Å². The molecule has 1 amide bonds. The summed E-state index contributed by atoms with van der Waals surface area (Å²) in [7, 11) is 0. The average Bonchev–Trinajstić information content (AvgIpc) is 2.33. The fraction of sp³-hybridized carbons (Fsp3) is 0.0833. The first kappa shape index (κ1) is 11.2. The van der Waals surface area contributed by atoms with E-state index in [1.54, 1.807) is 18.3 Å². The van der Waals surface area contributed by atoms with Crippen molar-refractivity contribution >= 4 is 11.6 Å². The minimum Gasteiger partial charge on any atom is -0.324 e. The average molecular weight is 231 g/mol. The van der Waals surface area contributed by atoms with Gasteiger partial charge in [-0.25, -0.2) is 4.98 Å². The maximum absolute atomic E-state index is 12.5. The number of amides is 1. The third-order valence-electron chi connectivity index (χ3n) is 2.08. The monoisotopic (exact) mass is 231 g/mol. The van der Waals surface area contributed by atoms with Crippen molar-refractivity contribution in [3.8, 4) is 0 Å². The molecule has 0 aromatic carbocycles. The molecule has 0 spiro atoms. The van der Waals surface area contributed by atoms with E-state index < -0.39 is 5.95 Å². The molecule has 0 aliphatic heterocycles. The van der Waals surface area contributed by atoms with E-state index in [0.29, 0.717) is 11.4 Å². The van der Waals surface area contributed by atoms with Crippen LogP contribution in [0.5, 0.6) is 0 Å². The van der Waals surface area contributed by atoms with Crippen LogP contribution in [-0.4, -0.2) is 15.9 Å². The Morgan fingerprint density at radius 1 is 1.24 bits per heavy atom. The zero-order valence-electron chi connectivity index (χ0n) is 8.93. The van der Waals surface area contributed by atoms with Crippen LogP contribution in [0, 0.1) is 5.95 Å². The van der Waals surface area contributed by atoms with Gasteiger partial charge in [-0.05, 0) is 24.3 Å². The molecule has 0 aliphatic rings. The van der Waals surface area contributed by atoms with Gasteiger partial charge >= 0.3 is 0 Å². The summed E-state index contributed by atoms with van der Waals surface area (Å²) in [5, 5.41) is 2.61. The van der Waals surface area contributed by atoms with E-state index in [-0.39, 0.29) is 12.3 Å². The quantitative estimate of drug-likeness (QED) is 0.819. The topological polar surface area (TPSA) is 54.9 Å². The third kappa shape index (κ3) is 3.34. The van der Waals surface area contributed by atoms with Crippen molar-refractivity contribution in [1.82, 2.24) is 9.97 Å². The van der Waals surface area contributed by atoms with Crippen molar-refractivity contribution in [2.75, 3.05) is 5.32 Å². The largest absolute Gasteiger partial charge is 0.324 e. The molecule has 1 N–H and O–H groups in total. The van der Waals surface area contributed by atoms with E-state index in [0.717, 1.165) is 0 Å². The molecule has 0 fully saturated rings. The molecular weight excluding hydrogens is 221 g/mol. The molecule has 5 heteroatoms. The molecule has 2 aromatic rings. The van der Waals surface area contributed by atoms with E-state index in [4.69, 9.17) is 0 Å². The summed E-state index contributed by atoms with van der Waals surface area (Å²) in [5.74, 6) is -0.787. The van der Waals surface area contributed by atoms with Crippen LogP contribution in [0.25, 0.3) is 0 Å². The van der Waals surface area contributed by atoms with E-state index in [1.807, 2.05) is 6.07 Å². The van der Waals surface area contributed by atoms with Crippen molar-refractivity contribution in [3.05, 3.63) is 54.4 Å². The first-order valence-corrected chi connectivity index (χ1v) is 5.05. The van der Waals surface area contributed by atoms with Crippen molar-refractivity contribution in [1.29, 1.82) is 0 Å². The van der Waals surface area contributed by atoms with Crippen LogP contribution in [0.1, 0.15) is 5.69 Å². The van der Waals surface area contributed by atoms with Gasteiger partial charge in [0.25, 0.3) is 0 Å². The highest BCUT2D eigenvalue weighted by Gasteiger charge is 2.04. The number of carbonyl (C=O) groups is 1. The summed E-state index contributed by atoms with van der Waals surface area (Å²) in [4.78, 5) is 19.1. The maximum Gasteiger partial charge on any atom is 0.230 e. The fourth-order valence-electron chi connectivity index (χ4n) is 1.32. The van der Waals surface area contributed by atoms with Crippen LogP contribution in [0.2, 0.25) is 0 Å². The molecule has 0 saturated carbocycles. The number of aromatic nitrogens is 2. The van der Waals surface area contributed by atoms with Crippen LogP contribution in [0.15, 0.2) is 42.7 Å². The van der Waals surface area contributed by atoms with Crippen LogP contribution in [0.4, 0.5) is 10.1 Å². The van der Waals surface area contributed by atoms with Crippen molar-refractivity contribution in [2.24, 2.45) is 0 Å². The zero-order valence-corrected chi connectivity index (χ0v) is 8.93. The van der Waals surface area contributed by atoms with E-state index in [2.05, 4.69) is 15.3 Å². The second-order valence-electron chi connectivity index (χ2n) is 3.42. The number of nitrogens with one attached hydrogen (secondary N) is 1. The molecule has 0 unspecified atom stereocenters. The van der Waals surface area contributed by atoms with Crippen LogP contribution >= 0.6 is 0 Å². The molecule has 0 aliphatic carbocycles. The minimum absolute atomic E-state index is 0.179. The van der Waals surface area contributed by atoms with Gasteiger partial charge in [0.05, 0.1) is 18.3 Å². The number of pyridine rings is 2. The summed E-state index contributed by atoms with van der Waals surface area (Å²) >= 11 is 0. The number of hydrogen-bond acceptors (Lipinski definition) is 3. The predicted molar refractivity (Wildman–Crippen MR) is 60.8 cm³/mol. The van der Waals surface area contributed by atoms with Gasteiger partial charge in [0, 0.05) is 11.9 Å². The van der Waals surface area contributed by atoms with Gasteiger partial charge in [-0.1, -0.05) is 6.07 Å². The minimum atomic E-state index is -0.576. The van der Waals surface area contributed by atoms with Gasteiger partial charge in [-0.2, -0.15) is 4.39 Å². The summed E-state index contributed by atoms with van der Waals surface area (Å²) in [6.07, 6.45) is 3.08. The Labute approximate surface area is 97.5 Å². The number of nitrogens with zero attached hydrogens (tertiary/aromatic N) is 2. The van der Waals surface area contributed by atoms with Gasteiger partial charge in [-0.15, -0.1) is 0 Å². The highest BCUT2D eigenvalue weighted by Crippen LogP contribution is 2.06. The van der Waals surface area contributed by atoms with Gasteiger partial charge in [0.15, 0.2) is 0 Å². The summed E-state index contributed by atoms with van der Waals surface area (Å²) in [6, 6.07) is 8.01. The number of halogens is 1. The van der Waals surface area contributed by atoms with E-state index >= 15 is 0 Å². The Kier molecular flexibility index (Phi) is 3.40. The second kappa shape index (κ2) is 5.16. The molecular formula is C12H10FN3O. The SMILES string of the molecule is O=C(Cc1ccccn1)Nc1ccc(F)nc1. The number of anilines is 1. The predicted octanol–water partition coefficient (Wildman–Crippen LogP) is 1.80. The second-order valence-corrected chi connectivity index (χ2v) is 3.42. The van der Waals surface area contributed by atoms with Crippen molar-refractivity contribution < 1.29 is 9.18 Å². The van der Waals surface area contributed by atoms with E-state index in [1.165, 1.54) is 18.3 Å².